The molecule has 0 atom stereocenters. The number of nitrogens with one attached hydrogen (secondary N) is 2. The number of hydrogen-bond acceptors (Lipinski definition) is 4. The molecule has 1 saturated heterocycles. The molecule has 0 spiro atoms. The highest BCUT2D eigenvalue weighted by molar-refractivity contribution is 6.39. The Kier molecular flexibility index (Phi) is 5.65. The molecule has 8 heteroatoms. The zero-order valence-corrected chi connectivity index (χ0v) is 16.3. The molecule has 1 fully saturated rings. The van der Waals surface area contributed by atoms with E-state index < -0.39 is 11.8 Å². The van der Waals surface area contributed by atoms with Crippen LogP contribution in [0, 0.1) is 11.7 Å². The highest BCUT2D eigenvalue weighted by Crippen LogP contribution is 2.30. The van der Waals surface area contributed by atoms with Gasteiger partial charge in [0.2, 0.25) is 0 Å². The van der Waals surface area contributed by atoms with Gasteiger partial charge in [-0.2, -0.15) is 0 Å². The fraction of sp³-hybridized carbons (Fsp3) is 0.318. The summed E-state index contributed by atoms with van der Waals surface area (Å²) >= 11 is 0. The predicted molar refractivity (Wildman–Crippen MR) is 109 cm³/mol. The Balaban J connectivity index is 1.29. The van der Waals surface area contributed by atoms with E-state index in [2.05, 4.69) is 10.6 Å². The van der Waals surface area contributed by atoms with Gasteiger partial charge in [0.15, 0.2) is 6.61 Å². The van der Waals surface area contributed by atoms with E-state index in [0.29, 0.717) is 36.1 Å². The van der Waals surface area contributed by atoms with Gasteiger partial charge >= 0.3 is 11.8 Å². The molecule has 0 radical (unpaired) electrons. The number of anilines is 2. The summed E-state index contributed by atoms with van der Waals surface area (Å²) in [6.45, 7) is 0.936. The third-order valence-electron chi connectivity index (χ3n) is 5.41. The molecule has 2 aliphatic rings. The lowest BCUT2D eigenvalue weighted by Gasteiger charge is -2.31. The van der Waals surface area contributed by atoms with E-state index in [9.17, 15) is 18.8 Å². The van der Waals surface area contributed by atoms with Gasteiger partial charge in [0.25, 0.3) is 5.91 Å². The standard InChI is InChI=1S/C22H22FN3O4/c23-16-3-1-14(2-4-16)11-15-7-9-26(10-8-15)22(29)21(28)24-17-5-6-18-19(12-17)30-13-20(27)25-18/h1-6,12,15H,7-11,13H2,(H,24,28)(H,25,27). The summed E-state index contributed by atoms with van der Waals surface area (Å²) in [5.41, 5.74) is 2.03. The predicted octanol–water partition coefficient (Wildman–Crippen LogP) is 2.58. The molecule has 3 amide bonds. The second-order valence-electron chi connectivity index (χ2n) is 7.57. The first-order chi connectivity index (χ1) is 14.5. The van der Waals surface area contributed by atoms with E-state index in [1.54, 1.807) is 35.2 Å². The van der Waals surface area contributed by atoms with Crippen molar-refractivity contribution < 1.29 is 23.5 Å². The van der Waals surface area contributed by atoms with Crippen LogP contribution >= 0.6 is 0 Å². The number of fused-ring (bicyclic) bond motifs is 1. The van der Waals surface area contributed by atoms with Crippen molar-refractivity contribution in [2.24, 2.45) is 5.92 Å². The summed E-state index contributed by atoms with van der Waals surface area (Å²) in [6.07, 6.45) is 2.42. The Morgan fingerprint density at radius 2 is 1.87 bits per heavy atom. The largest absolute Gasteiger partial charge is 0.482 e. The average molecular weight is 411 g/mol. The fourth-order valence-corrected chi connectivity index (χ4v) is 3.77. The molecule has 2 heterocycles. The Hall–Kier alpha value is -3.42. The van der Waals surface area contributed by atoms with Crippen molar-refractivity contribution in [3.63, 3.8) is 0 Å². The molecular formula is C22H22FN3O4. The molecule has 0 aliphatic carbocycles. The number of nitrogens with zero attached hydrogens (tertiary/aromatic N) is 1. The number of hydrogen-bond donors (Lipinski definition) is 2. The van der Waals surface area contributed by atoms with Crippen LogP contribution in [0.3, 0.4) is 0 Å². The molecule has 0 aromatic heterocycles. The van der Waals surface area contributed by atoms with Gasteiger partial charge in [-0.25, -0.2) is 4.39 Å². The number of amides is 3. The lowest BCUT2D eigenvalue weighted by molar-refractivity contribution is -0.144. The first kappa shape index (κ1) is 19.9. The second kappa shape index (κ2) is 8.52. The number of carbonyl (C=O) groups is 3. The number of carbonyl (C=O) groups excluding carboxylic acids is 3. The van der Waals surface area contributed by atoms with Crippen molar-refractivity contribution in [2.45, 2.75) is 19.3 Å². The molecule has 0 unspecified atom stereocenters. The van der Waals surface area contributed by atoms with E-state index in [1.165, 1.54) is 12.1 Å². The number of halogens is 1. The third kappa shape index (κ3) is 4.59. The van der Waals surface area contributed by atoms with E-state index >= 15 is 0 Å². The number of rotatable bonds is 3. The van der Waals surface area contributed by atoms with Gasteiger partial charge in [-0.05, 0) is 55.0 Å². The number of likely N-dealkylation sites (tertiary alicyclic amines) is 1. The number of ether oxygens (including phenoxy) is 1. The van der Waals surface area contributed by atoms with Crippen molar-refractivity contribution in [3.05, 3.63) is 53.8 Å². The van der Waals surface area contributed by atoms with E-state index in [0.717, 1.165) is 24.8 Å². The zero-order valence-electron chi connectivity index (χ0n) is 16.3. The van der Waals surface area contributed by atoms with Gasteiger partial charge in [0.1, 0.15) is 11.6 Å². The second-order valence-corrected chi connectivity index (χ2v) is 7.57. The molecule has 30 heavy (non-hydrogen) atoms. The summed E-state index contributed by atoms with van der Waals surface area (Å²) in [7, 11) is 0. The molecule has 0 bridgehead atoms. The summed E-state index contributed by atoms with van der Waals surface area (Å²) in [5, 5.41) is 5.27. The highest BCUT2D eigenvalue weighted by Gasteiger charge is 2.27. The van der Waals surface area contributed by atoms with Crippen molar-refractivity contribution in [1.82, 2.24) is 4.90 Å². The first-order valence-corrected chi connectivity index (χ1v) is 9.89. The van der Waals surface area contributed by atoms with Crippen molar-refractivity contribution in [1.29, 1.82) is 0 Å². The minimum Gasteiger partial charge on any atom is -0.482 e. The molecule has 2 N–H and O–H groups in total. The summed E-state index contributed by atoms with van der Waals surface area (Å²) in [5.74, 6) is -0.913. The summed E-state index contributed by atoms with van der Waals surface area (Å²) in [4.78, 5) is 37.8. The van der Waals surface area contributed by atoms with E-state index in [1.807, 2.05) is 0 Å². The quantitative estimate of drug-likeness (QED) is 0.760. The normalized spacial score (nSPS) is 16.3. The molecule has 156 valence electrons. The molecular weight excluding hydrogens is 389 g/mol. The molecule has 4 rings (SSSR count). The lowest BCUT2D eigenvalue weighted by Crippen LogP contribution is -2.44. The Labute approximate surface area is 173 Å². The number of piperidine rings is 1. The van der Waals surface area contributed by atoms with Crippen molar-refractivity contribution >= 4 is 29.1 Å². The average Bonchev–Trinajstić information content (AvgIpc) is 2.75. The molecule has 2 aromatic rings. The van der Waals surface area contributed by atoms with Crippen LogP contribution in [0.25, 0.3) is 0 Å². The van der Waals surface area contributed by atoms with Gasteiger partial charge in [-0.3, -0.25) is 14.4 Å². The summed E-state index contributed by atoms with van der Waals surface area (Å²) in [6, 6.07) is 11.3. The van der Waals surface area contributed by atoms with Crippen LogP contribution in [-0.2, 0) is 20.8 Å². The van der Waals surface area contributed by atoms with Crippen LogP contribution < -0.4 is 15.4 Å². The van der Waals surface area contributed by atoms with Gasteiger partial charge in [-0.15, -0.1) is 0 Å². The van der Waals surface area contributed by atoms with E-state index in [4.69, 9.17) is 4.74 Å². The van der Waals surface area contributed by atoms with Crippen molar-refractivity contribution in [2.75, 3.05) is 30.3 Å². The molecule has 0 saturated carbocycles. The minimum atomic E-state index is -0.702. The van der Waals surface area contributed by atoms with Crippen LogP contribution in [0.15, 0.2) is 42.5 Å². The number of benzene rings is 2. The molecule has 7 nitrogen and oxygen atoms in total. The Morgan fingerprint density at radius 3 is 2.60 bits per heavy atom. The Morgan fingerprint density at radius 1 is 1.13 bits per heavy atom. The molecule has 2 aromatic carbocycles. The van der Waals surface area contributed by atoms with Crippen LogP contribution in [0.2, 0.25) is 0 Å². The van der Waals surface area contributed by atoms with Gasteiger partial charge in [0.05, 0.1) is 5.69 Å². The topological polar surface area (TPSA) is 87.7 Å². The maximum atomic E-state index is 13.0. The zero-order chi connectivity index (χ0) is 21.1. The maximum Gasteiger partial charge on any atom is 0.313 e. The van der Waals surface area contributed by atoms with Gasteiger partial charge in [-0.1, -0.05) is 12.1 Å². The smallest absolute Gasteiger partial charge is 0.313 e. The van der Waals surface area contributed by atoms with Gasteiger partial charge < -0.3 is 20.3 Å². The third-order valence-corrected chi connectivity index (χ3v) is 5.41. The monoisotopic (exact) mass is 411 g/mol. The molecule has 2 aliphatic heterocycles. The van der Waals surface area contributed by atoms with Crippen LogP contribution in [0.1, 0.15) is 18.4 Å². The van der Waals surface area contributed by atoms with Crippen molar-refractivity contribution in [3.8, 4) is 5.75 Å². The van der Waals surface area contributed by atoms with Crippen LogP contribution in [0.4, 0.5) is 15.8 Å². The maximum absolute atomic E-state index is 13.0. The van der Waals surface area contributed by atoms with Crippen LogP contribution in [-0.4, -0.2) is 42.3 Å². The Bertz CT molecular complexity index is 969. The van der Waals surface area contributed by atoms with Crippen LogP contribution in [0.5, 0.6) is 5.75 Å². The minimum absolute atomic E-state index is 0.0871. The van der Waals surface area contributed by atoms with Gasteiger partial charge in [0, 0.05) is 24.8 Å². The lowest BCUT2D eigenvalue weighted by atomic mass is 9.90. The first-order valence-electron chi connectivity index (χ1n) is 9.89. The SMILES string of the molecule is O=C1COc2cc(NC(=O)C(=O)N3CCC(Cc4ccc(F)cc4)CC3)ccc2N1. The summed E-state index contributed by atoms with van der Waals surface area (Å²) < 4.78 is 18.4. The highest BCUT2D eigenvalue weighted by atomic mass is 19.1. The fourth-order valence-electron chi connectivity index (χ4n) is 3.77. The van der Waals surface area contributed by atoms with E-state index in [-0.39, 0.29) is 18.3 Å².